The Labute approximate surface area is 120 Å². The Morgan fingerprint density at radius 1 is 1.24 bits per heavy atom. The molecule has 21 heavy (non-hydrogen) atoms. The summed E-state index contributed by atoms with van der Waals surface area (Å²) in [5.74, 6) is 0. The summed E-state index contributed by atoms with van der Waals surface area (Å²) in [6.45, 7) is 1.70. The van der Waals surface area contributed by atoms with Crippen molar-refractivity contribution in [2.75, 3.05) is 20.3 Å². The first-order valence-electron chi connectivity index (χ1n) is 6.43. The van der Waals surface area contributed by atoms with E-state index in [0.717, 1.165) is 6.07 Å². The number of rotatable bonds is 6. The summed E-state index contributed by atoms with van der Waals surface area (Å²) in [7, 11) is 1.60. The van der Waals surface area contributed by atoms with Crippen LogP contribution in [0, 0.1) is 0 Å². The van der Waals surface area contributed by atoms with E-state index in [1.165, 1.54) is 23.0 Å². The number of alkyl halides is 3. The zero-order chi connectivity index (χ0) is 15.3. The first kappa shape index (κ1) is 15.5. The zero-order valence-corrected chi connectivity index (χ0v) is 11.5. The Kier molecular flexibility index (Phi) is 4.98. The summed E-state index contributed by atoms with van der Waals surface area (Å²) in [4.78, 5) is 0. The highest BCUT2D eigenvalue weighted by molar-refractivity contribution is 5.42. The fourth-order valence-electron chi connectivity index (χ4n) is 1.89. The topological polar surface area (TPSA) is 39.1 Å². The van der Waals surface area contributed by atoms with Gasteiger partial charge in [-0.1, -0.05) is 12.1 Å². The molecule has 0 radical (unpaired) electrons. The molecular formula is C14H16F3N3O. The average Bonchev–Trinajstić information content (AvgIpc) is 2.91. The third-order valence-corrected chi connectivity index (χ3v) is 2.89. The van der Waals surface area contributed by atoms with Gasteiger partial charge in [-0.25, -0.2) is 4.68 Å². The van der Waals surface area contributed by atoms with Gasteiger partial charge >= 0.3 is 6.18 Å². The third kappa shape index (κ3) is 4.05. The maximum absolute atomic E-state index is 13.0. The van der Waals surface area contributed by atoms with Gasteiger partial charge in [0.25, 0.3) is 0 Å². The van der Waals surface area contributed by atoms with E-state index in [2.05, 4.69) is 10.4 Å². The van der Waals surface area contributed by atoms with Crippen LogP contribution in [0.25, 0.3) is 5.69 Å². The third-order valence-electron chi connectivity index (χ3n) is 2.89. The molecule has 0 fully saturated rings. The van der Waals surface area contributed by atoms with Gasteiger partial charge in [-0.15, -0.1) is 0 Å². The van der Waals surface area contributed by atoms with Gasteiger partial charge in [0.1, 0.15) is 0 Å². The van der Waals surface area contributed by atoms with Gasteiger partial charge in [-0.05, 0) is 18.2 Å². The number of hydrogen-bond acceptors (Lipinski definition) is 3. The number of nitrogens with zero attached hydrogens (tertiary/aromatic N) is 2. The normalized spacial score (nSPS) is 11.8. The monoisotopic (exact) mass is 299 g/mol. The molecular weight excluding hydrogens is 283 g/mol. The Morgan fingerprint density at radius 2 is 2.00 bits per heavy atom. The number of hydrogen-bond donors (Lipinski definition) is 1. The highest BCUT2D eigenvalue weighted by atomic mass is 19.4. The fraction of sp³-hybridized carbons (Fsp3) is 0.357. The first-order valence-corrected chi connectivity index (χ1v) is 6.43. The van der Waals surface area contributed by atoms with E-state index in [9.17, 15) is 13.2 Å². The summed E-state index contributed by atoms with van der Waals surface area (Å²) in [6, 6.07) is 7.06. The minimum atomic E-state index is -4.40. The molecule has 114 valence electrons. The minimum Gasteiger partial charge on any atom is -0.383 e. The number of aromatic nitrogens is 2. The smallest absolute Gasteiger partial charge is 0.383 e. The van der Waals surface area contributed by atoms with Gasteiger partial charge in [0.05, 0.1) is 23.6 Å². The lowest BCUT2D eigenvalue weighted by Crippen LogP contribution is -2.19. The molecule has 1 aromatic carbocycles. The molecule has 0 spiro atoms. The Bertz CT molecular complexity index is 581. The van der Waals surface area contributed by atoms with Crippen LogP contribution in [0.5, 0.6) is 0 Å². The van der Waals surface area contributed by atoms with Gasteiger partial charge in [0.15, 0.2) is 0 Å². The lowest BCUT2D eigenvalue weighted by Gasteiger charge is -2.12. The van der Waals surface area contributed by atoms with E-state index in [-0.39, 0.29) is 5.69 Å². The van der Waals surface area contributed by atoms with Crippen molar-refractivity contribution in [3.05, 3.63) is 47.8 Å². The molecule has 0 aliphatic heterocycles. The number of methoxy groups -OCH3 is 1. The van der Waals surface area contributed by atoms with Gasteiger partial charge in [0.2, 0.25) is 0 Å². The summed E-state index contributed by atoms with van der Waals surface area (Å²) >= 11 is 0. The molecule has 1 aromatic heterocycles. The molecule has 0 saturated heterocycles. The maximum Gasteiger partial charge on any atom is 0.418 e. The number of halogens is 3. The van der Waals surface area contributed by atoms with Crippen LogP contribution in [0.15, 0.2) is 36.5 Å². The van der Waals surface area contributed by atoms with Crippen molar-refractivity contribution in [2.24, 2.45) is 0 Å². The highest BCUT2D eigenvalue weighted by Crippen LogP contribution is 2.33. The molecule has 0 atom stereocenters. The number of benzene rings is 1. The highest BCUT2D eigenvalue weighted by Gasteiger charge is 2.33. The Hall–Kier alpha value is -1.86. The number of para-hydroxylation sites is 1. The minimum absolute atomic E-state index is 0.0214. The average molecular weight is 299 g/mol. The lowest BCUT2D eigenvalue weighted by atomic mass is 10.2. The molecule has 2 aromatic rings. The van der Waals surface area contributed by atoms with Crippen molar-refractivity contribution >= 4 is 0 Å². The molecule has 0 amide bonds. The molecule has 0 saturated carbocycles. The second-order valence-electron chi connectivity index (χ2n) is 4.44. The van der Waals surface area contributed by atoms with Crippen LogP contribution >= 0.6 is 0 Å². The van der Waals surface area contributed by atoms with E-state index in [4.69, 9.17) is 4.74 Å². The van der Waals surface area contributed by atoms with Crippen molar-refractivity contribution < 1.29 is 17.9 Å². The van der Waals surface area contributed by atoms with Gasteiger partial charge in [-0.2, -0.15) is 18.3 Å². The standard InChI is InChI=1S/C14H16F3N3O/c1-21-9-7-18-10-11-6-8-20(19-11)13-5-3-2-4-12(13)14(15,16)17/h2-6,8,18H,7,9-10H2,1H3. The van der Waals surface area contributed by atoms with Crippen molar-refractivity contribution in [1.29, 1.82) is 0 Å². The first-order chi connectivity index (χ1) is 10.0. The lowest BCUT2D eigenvalue weighted by molar-refractivity contribution is -0.137. The van der Waals surface area contributed by atoms with Crippen molar-refractivity contribution in [2.45, 2.75) is 12.7 Å². The van der Waals surface area contributed by atoms with E-state index in [1.807, 2.05) is 0 Å². The van der Waals surface area contributed by atoms with Gasteiger partial charge in [-0.3, -0.25) is 0 Å². The number of nitrogens with one attached hydrogen (secondary N) is 1. The molecule has 0 aliphatic carbocycles. The van der Waals surface area contributed by atoms with E-state index in [1.54, 1.807) is 19.2 Å². The molecule has 4 nitrogen and oxygen atoms in total. The van der Waals surface area contributed by atoms with E-state index < -0.39 is 11.7 Å². The quantitative estimate of drug-likeness (QED) is 0.833. The second kappa shape index (κ2) is 6.73. The Balaban J connectivity index is 2.15. The van der Waals surface area contributed by atoms with E-state index in [0.29, 0.717) is 25.4 Å². The zero-order valence-electron chi connectivity index (χ0n) is 11.5. The van der Waals surface area contributed by atoms with Crippen LogP contribution in [-0.2, 0) is 17.5 Å². The van der Waals surface area contributed by atoms with Crippen LogP contribution in [-0.4, -0.2) is 30.0 Å². The molecule has 1 N–H and O–H groups in total. The van der Waals surface area contributed by atoms with Crippen molar-refractivity contribution in [3.8, 4) is 5.69 Å². The molecule has 0 bridgehead atoms. The predicted molar refractivity (Wildman–Crippen MR) is 72.1 cm³/mol. The molecule has 2 rings (SSSR count). The number of ether oxygens (including phenoxy) is 1. The summed E-state index contributed by atoms with van der Waals surface area (Å²) < 4.78 is 45.0. The SMILES string of the molecule is COCCNCc1ccn(-c2ccccc2C(F)(F)F)n1. The predicted octanol–water partition coefficient (Wildman–Crippen LogP) is 2.63. The van der Waals surface area contributed by atoms with Crippen molar-refractivity contribution in [1.82, 2.24) is 15.1 Å². The summed E-state index contributed by atoms with van der Waals surface area (Å²) in [6.07, 6.45) is -2.88. The van der Waals surface area contributed by atoms with E-state index >= 15 is 0 Å². The van der Waals surface area contributed by atoms with Gasteiger partial charge < -0.3 is 10.1 Å². The summed E-state index contributed by atoms with van der Waals surface area (Å²) in [5, 5.41) is 7.25. The Morgan fingerprint density at radius 3 is 2.71 bits per heavy atom. The second-order valence-corrected chi connectivity index (χ2v) is 4.44. The fourth-order valence-corrected chi connectivity index (χ4v) is 1.89. The van der Waals surface area contributed by atoms with Crippen LogP contribution < -0.4 is 5.32 Å². The summed E-state index contributed by atoms with van der Waals surface area (Å²) in [5.41, 5.74) is -0.0109. The molecule has 0 aliphatic rings. The van der Waals surface area contributed by atoms with Crippen LogP contribution in [0.1, 0.15) is 11.3 Å². The van der Waals surface area contributed by atoms with Crippen LogP contribution in [0.3, 0.4) is 0 Å². The van der Waals surface area contributed by atoms with Crippen LogP contribution in [0.4, 0.5) is 13.2 Å². The van der Waals surface area contributed by atoms with Crippen molar-refractivity contribution in [3.63, 3.8) is 0 Å². The molecule has 7 heteroatoms. The largest absolute Gasteiger partial charge is 0.418 e. The van der Waals surface area contributed by atoms with Crippen LogP contribution in [0.2, 0.25) is 0 Å². The van der Waals surface area contributed by atoms with Gasteiger partial charge in [0, 0.05) is 26.4 Å². The maximum atomic E-state index is 13.0. The molecule has 0 unspecified atom stereocenters. The molecule has 1 heterocycles.